The minimum Gasteiger partial charge on any atom is -0.444 e. The molecular weight excluding hydrogens is 435 g/mol. The van der Waals surface area contributed by atoms with Gasteiger partial charge in [-0.2, -0.15) is 13.2 Å². The summed E-state index contributed by atoms with van der Waals surface area (Å²) in [6, 6.07) is 4.23. The number of rotatable bonds is 3. The number of carbonyl (C=O) groups is 1. The Balaban J connectivity index is 1.39. The van der Waals surface area contributed by atoms with E-state index in [1.807, 2.05) is 20.8 Å². The highest BCUT2D eigenvalue weighted by molar-refractivity contribution is 5.69. The molecule has 4 rings (SSSR count). The first kappa shape index (κ1) is 23.3. The molecule has 1 amide bonds. The zero-order valence-corrected chi connectivity index (χ0v) is 19.1. The Bertz CT molecular complexity index is 1020. The van der Waals surface area contributed by atoms with Crippen LogP contribution >= 0.6 is 0 Å². The first-order valence-corrected chi connectivity index (χ1v) is 10.9. The fourth-order valence-corrected chi connectivity index (χ4v) is 4.88. The number of pyridine rings is 1. The van der Waals surface area contributed by atoms with Gasteiger partial charge in [0.25, 0.3) is 0 Å². The average Bonchev–Trinajstić information content (AvgIpc) is 3.18. The molecule has 1 aliphatic heterocycles. The van der Waals surface area contributed by atoms with E-state index in [1.54, 1.807) is 11.0 Å². The van der Waals surface area contributed by atoms with E-state index >= 15 is 0 Å². The zero-order valence-electron chi connectivity index (χ0n) is 19.1. The lowest BCUT2D eigenvalue weighted by atomic mass is 9.83. The van der Waals surface area contributed by atoms with Crippen LogP contribution < -0.4 is 5.32 Å². The van der Waals surface area contributed by atoms with Gasteiger partial charge in [-0.15, -0.1) is 10.2 Å². The standard InChI is InChI=1S/C23H28F3N5O2/c1-21(2,3)33-20(32)31-12-14-9-15(10-22(14,4)13-31)28-19-6-5-18(29-30-19)16-11-27-8-7-17(16)23(24,25)26/h5-8,11,14-15H,9-10,12-13H2,1-4H3,(H,28,30)/t14-,15+,22+/m1/s1. The molecule has 7 nitrogen and oxygen atoms in total. The highest BCUT2D eigenvalue weighted by atomic mass is 19.4. The second-order valence-corrected chi connectivity index (χ2v) is 10.2. The van der Waals surface area contributed by atoms with Crippen molar-refractivity contribution in [3.8, 4) is 11.3 Å². The van der Waals surface area contributed by atoms with Crippen LogP contribution in [0.5, 0.6) is 0 Å². The smallest absolute Gasteiger partial charge is 0.417 e. The molecule has 1 saturated carbocycles. The zero-order chi connectivity index (χ0) is 24.0. The van der Waals surface area contributed by atoms with Crippen LogP contribution in [0.15, 0.2) is 30.6 Å². The van der Waals surface area contributed by atoms with Gasteiger partial charge in [-0.25, -0.2) is 4.79 Å². The number of alkyl halides is 3. The summed E-state index contributed by atoms with van der Waals surface area (Å²) in [6.45, 7) is 9.03. The minimum atomic E-state index is -4.50. The Morgan fingerprint density at radius 2 is 1.97 bits per heavy atom. The fourth-order valence-electron chi connectivity index (χ4n) is 4.88. The Morgan fingerprint density at radius 3 is 2.58 bits per heavy atom. The van der Waals surface area contributed by atoms with Crippen molar-refractivity contribution in [2.24, 2.45) is 11.3 Å². The minimum absolute atomic E-state index is 0.0285. The van der Waals surface area contributed by atoms with Gasteiger partial charge in [0.2, 0.25) is 0 Å². The number of nitrogens with one attached hydrogen (secondary N) is 1. The lowest BCUT2D eigenvalue weighted by Gasteiger charge is -2.27. The van der Waals surface area contributed by atoms with Crippen LogP contribution in [0.25, 0.3) is 11.3 Å². The van der Waals surface area contributed by atoms with Gasteiger partial charge in [0.05, 0.1) is 11.3 Å². The summed E-state index contributed by atoms with van der Waals surface area (Å²) in [6.07, 6.45) is -0.813. The molecule has 2 aromatic rings. The van der Waals surface area contributed by atoms with Crippen LogP contribution in [0.4, 0.5) is 23.8 Å². The number of hydrogen-bond donors (Lipinski definition) is 1. The normalized spacial score (nSPS) is 25.1. The van der Waals surface area contributed by atoms with Crippen LogP contribution in [0.3, 0.4) is 0 Å². The largest absolute Gasteiger partial charge is 0.444 e. The molecule has 178 valence electrons. The molecule has 3 atom stereocenters. The topological polar surface area (TPSA) is 80.2 Å². The maximum Gasteiger partial charge on any atom is 0.417 e. The summed E-state index contributed by atoms with van der Waals surface area (Å²) < 4.78 is 45.3. The van der Waals surface area contributed by atoms with Crippen molar-refractivity contribution >= 4 is 11.9 Å². The molecule has 1 saturated heterocycles. The van der Waals surface area contributed by atoms with Gasteiger partial charge in [-0.05, 0) is 63.1 Å². The molecule has 2 aliphatic rings. The summed E-state index contributed by atoms with van der Waals surface area (Å²) in [5, 5.41) is 11.5. The predicted octanol–water partition coefficient (Wildman–Crippen LogP) is 5.00. The number of nitrogens with zero attached hydrogens (tertiary/aromatic N) is 4. The predicted molar refractivity (Wildman–Crippen MR) is 116 cm³/mol. The van der Waals surface area contributed by atoms with Gasteiger partial charge in [0, 0.05) is 37.1 Å². The molecule has 0 aromatic carbocycles. The number of likely N-dealkylation sites (tertiary alicyclic amines) is 1. The van der Waals surface area contributed by atoms with Crippen LogP contribution in [0, 0.1) is 11.3 Å². The highest BCUT2D eigenvalue weighted by Crippen LogP contribution is 2.49. The second-order valence-electron chi connectivity index (χ2n) is 10.2. The van der Waals surface area contributed by atoms with Gasteiger partial charge in [0.1, 0.15) is 11.4 Å². The van der Waals surface area contributed by atoms with Crippen LogP contribution in [-0.2, 0) is 10.9 Å². The number of amides is 1. The third-order valence-corrected chi connectivity index (χ3v) is 6.33. The first-order valence-electron chi connectivity index (χ1n) is 10.9. The first-order chi connectivity index (χ1) is 15.3. The number of carbonyl (C=O) groups excluding carboxylic acids is 1. The summed E-state index contributed by atoms with van der Waals surface area (Å²) >= 11 is 0. The van der Waals surface area contributed by atoms with Crippen molar-refractivity contribution < 1.29 is 22.7 Å². The summed E-state index contributed by atoms with van der Waals surface area (Å²) in [7, 11) is 0. The third-order valence-electron chi connectivity index (χ3n) is 6.33. The summed E-state index contributed by atoms with van der Waals surface area (Å²) in [4.78, 5) is 18.0. The maximum atomic E-state index is 13.3. The quantitative estimate of drug-likeness (QED) is 0.690. The van der Waals surface area contributed by atoms with E-state index in [0.717, 1.165) is 31.3 Å². The molecule has 2 fully saturated rings. The molecule has 0 radical (unpaired) electrons. The molecule has 10 heteroatoms. The van der Waals surface area contributed by atoms with Crippen LogP contribution in [0.2, 0.25) is 0 Å². The van der Waals surface area contributed by atoms with Crippen molar-refractivity contribution in [3.63, 3.8) is 0 Å². The average molecular weight is 464 g/mol. The Morgan fingerprint density at radius 1 is 1.21 bits per heavy atom. The molecule has 0 bridgehead atoms. The Kier molecular flexibility index (Phi) is 5.74. The Hall–Kier alpha value is -2.91. The van der Waals surface area contributed by atoms with E-state index in [9.17, 15) is 18.0 Å². The second kappa shape index (κ2) is 8.14. The van der Waals surface area contributed by atoms with E-state index < -0.39 is 17.3 Å². The maximum absolute atomic E-state index is 13.3. The fraction of sp³-hybridized carbons (Fsp3) is 0.565. The molecule has 1 N–H and O–H groups in total. The third kappa shape index (κ3) is 5.04. The van der Waals surface area contributed by atoms with E-state index in [1.165, 1.54) is 6.07 Å². The van der Waals surface area contributed by atoms with Gasteiger partial charge in [0.15, 0.2) is 0 Å². The van der Waals surface area contributed by atoms with Gasteiger partial charge in [-0.3, -0.25) is 4.98 Å². The van der Waals surface area contributed by atoms with Gasteiger partial charge >= 0.3 is 12.3 Å². The molecule has 0 spiro atoms. The van der Waals surface area contributed by atoms with Crippen molar-refractivity contribution in [3.05, 3.63) is 36.2 Å². The van der Waals surface area contributed by atoms with Crippen LogP contribution in [-0.4, -0.2) is 50.9 Å². The number of fused-ring (bicyclic) bond motifs is 1. The Labute approximate surface area is 190 Å². The molecule has 3 heterocycles. The summed E-state index contributed by atoms with van der Waals surface area (Å²) in [5.74, 6) is 0.841. The van der Waals surface area contributed by atoms with Crippen molar-refractivity contribution in [2.75, 3.05) is 18.4 Å². The van der Waals surface area contributed by atoms with Crippen molar-refractivity contribution in [2.45, 2.75) is 58.4 Å². The SMILES string of the molecule is CC(C)(C)OC(=O)N1C[C@H]2C[C@H](Nc3ccc(-c4cnccc4C(F)(F)F)nn3)C[C@@]2(C)C1. The summed E-state index contributed by atoms with van der Waals surface area (Å²) in [5.41, 5.74) is -1.34. The van der Waals surface area contributed by atoms with E-state index in [4.69, 9.17) is 4.74 Å². The van der Waals surface area contributed by atoms with E-state index in [0.29, 0.717) is 24.8 Å². The number of ether oxygens (including phenoxy) is 1. The number of halogens is 3. The van der Waals surface area contributed by atoms with Gasteiger partial charge < -0.3 is 15.0 Å². The number of hydrogen-bond acceptors (Lipinski definition) is 6. The number of anilines is 1. The van der Waals surface area contributed by atoms with Crippen molar-refractivity contribution in [1.82, 2.24) is 20.1 Å². The molecule has 1 aliphatic carbocycles. The monoisotopic (exact) mass is 463 g/mol. The molecular formula is C23H28F3N5O2. The van der Waals surface area contributed by atoms with Crippen molar-refractivity contribution in [1.29, 1.82) is 0 Å². The lowest BCUT2D eigenvalue weighted by molar-refractivity contribution is -0.137. The van der Waals surface area contributed by atoms with Gasteiger partial charge in [-0.1, -0.05) is 6.92 Å². The lowest BCUT2D eigenvalue weighted by Crippen LogP contribution is -2.37. The van der Waals surface area contributed by atoms with Crippen LogP contribution in [0.1, 0.15) is 46.1 Å². The van der Waals surface area contributed by atoms with E-state index in [2.05, 4.69) is 27.4 Å². The molecule has 0 unspecified atom stereocenters. The van der Waals surface area contributed by atoms with E-state index in [-0.39, 0.29) is 28.8 Å². The highest BCUT2D eigenvalue weighted by Gasteiger charge is 2.51. The molecule has 2 aromatic heterocycles. The molecule has 33 heavy (non-hydrogen) atoms. The number of aromatic nitrogens is 3.